The fraction of sp³-hybridized carbons (Fsp3) is 0.600. The van der Waals surface area contributed by atoms with Gasteiger partial charge in [0.05, 0.1) is 35.3 Å². The largest absolute Gasteiger partial charge is 0.491 e. The standard InChI is InChI=1S/C15H20N2O4/c1-9(2)20-13-6-10(5-11(7-13)17(18)19)16-14-8-12-3-4-15(14)21-12/h5-7,9,12,14-16H,3-4,8H2,1-2H3. The van der Waals surface area contributed by atoms with Gasteiger partial charge >= 0.3 is 0 Å². The molecule has 1 aromatic rings. The Labute approximate surface area is 123 Å². The Morgan fingerprint density at radius 1 is 1.38 bits per heavy atom. The van der Waals surface area contributed by atoms with Gasteiger partial charge in [-0.25, -0.2) is 0 Å². The van der Waals surface area contributed by atoms with Gasteiger partial charge in [-0.15, -0.1) is 0 Å². The lowest BCUT2D eigenvalue weighted by Crippen LogP contribution is -2.30. The van der Waals surface area contributed by atoms with E-state index < -0.39 is 4.92 Å². The van der Waals surface area contributed by atoms with E-state index in [-0.39, 0.29) is 23.9 Å². The summed E-state index contributed by atoms with van der Waals surface area (Å²) in [5.41, 5.74) is 0.765. The van der Waals surface area contributed by atoms with Crippen LogP contribution in [0.2, 0.25) is 0 Å². The Balaban J connectivity index is 1.79. The third-order valence-electron chi connectivity index (χ3n) is 3.93. The Morgan fingerprint density at radius 2 is 2.19 bits per heavy atom. The summed E-state index contributed by atoms with van der Waals surface area (Å²) in [5.74, 6) is 0.519. The van der Waals surface area contributed by atoms with Gasteiger partial charge in [0.2, 0.25) is 0 Å². The van der Waals surface area contributed by atoms with Crippen LogP contribution >= 0.6 is 0 Å². The van der Waals surface area contributed by atoms with E-state index in [1.807, 2.05) is 19.9 Å². The molecule has 0 aliphatic carbocycles. The minimum atomic E-state index is -0.393. The first-order valence-electron chi connectivity index (χ1n) is 7.39. The molecule has 114 valence electrons. The lowest BCUT2D eigenvalue weighted by atomic mass is 9.95. The van der Waals surface area contributed by atoms with Crippen LogP contribution in [0, 0.1) is 10.1 Å². The van der Waals surface area contributed by atoms with Crippen LogP contribution in [-0.2, 0) is 4.74 Å². The molecule has 1 N–H and O–H groups in total. The second kappa shape index (κ2) is 5.52. The second-order valence-corrected chi connectivity index (χ2v) is 6.00. The molecule has 1 aromatic carbocycles. The molecule has 0 aromatic heterocycles. The molecule has 6 heteroatoms. The zero-order valence-electron chi connectivity index (χ0n) is 12.2. The lowest BCUT2D eigenvalue weighted by Gasteiger charge is -2.21. The first-order chi connectivity index (χ1) is 10.0. The molecule has 2 aliphatic heterocycles. The number of hydrogen-bond acceptors (Lipinski definition) is 5. The molecule has 0 amide bonds. The molecule has 3 atom stereocenters. The predicted octanol–water partition coefficient (Wildman–Crippen LogP) is 3.11. The number of ether oxygens (including phenoxy) is 2. The van der Waals surface area contributed by atoms with Crippen molar-refractivity contribution in [3.63, 3.8) is 0 Å². The van der Waals surface area contributed by atoms with Crippen molar-refractivity contribution >= 4 is 11.4 Å². The van der Waals surface area contributed by atoms with Gasteiger partial charge in [-0.3, -0.25) is 10.1 Å². The summed E-state index contributed by atoms with van der Waals surface area (Å²) in [6, 6.07) is 5.07. The van der Waals surface area contributed by atoms with Gasteiger partial charge < -0.3 is 14.8 Å². The summed E-state index contributed by atoms with van der Waals surface area (Å²) in [5, 5.41) is 14.4. The van der Waals surface area contributed by atoms with E-state index in [0.717, 1.165) is 24.9 Å². The molecule has 2 bridgehead atoms. The highest BCUT2D eigenvalue weighted by molar-refractivity contribution is 5.57. The zero-order valence-corrected chi connectivity index (χ0v) is 12.2. The Bertz CT molecular complexity index is 546. The molecule has 21 heavy (non-hydrogen) atoms. The summed E-state index contributed by atoms with van der Waals surface area (Å²) in [6.07, 6.45) is 3.70. The Morgan fingerprint density at radius 3 is 2.76 bits per heavy atom. The van der Waals surface area contributed by atoms with Crippen LogP contribution < -0.4 is 10.1 Å². The number of nitro benzene ring substituents is 1. The molecule has 0 spiro atoms. The summed E-state index contributed by atoms with van der Waals surface area (Å²) in [4.78, 5) is 10.7. The quantitative estimate of drug-likeness (QED) is 0.666. The average Bonchev–Trinajstić information content (AvgIpc) is 2.99. The van der Waals surface area contributed by atoms with Gasteiger partial charge in [0.1, 0.15) is 5.75 Å². The number of non-ortho nitro benzene ring substituents is 1. The molecule has 2 saturated heterocycles. The molecule has 2 heterocycles. The van der Waals surface area contributed by atoms with Crippen LogP contribution in [0.1, 0.15) is 33.1 Å². The number of rotatable bonds is 5. The van der Waals surface area contributed by atoms with Crippen LogP contribution in [0.3, 0.4) is 0 Å². The normalized spacial score (nSPS) is 27.1. The molecular formula is C15H20N2O4. The molecule has 3 rings (SSSR count). The zero-order chi connectivity index (χ0) is 15.0. The maximum Gasteiger partial charge on any atom is 0.275 e. The van der Waals surface area contributed by atoms with Crippen molar-refractivity contribution in [2.24, 2.45) is 0 Å². The first kappa shape index (κ1) is 14.1. The molecule has 2 fully saturated rings. The highest BCUT2D eigenvalue weighted by Crippen LogP contribution is 2.37. The van der Waals surface area contributed by atoms with Crippen molar-refractivity contribution in [3.8, 4) is 5.75 Å². The van der Waals surface area contributed by atoms with Crippen molar-refractivity contribution in [2.45, 2.75) is 57.5 Å². The third kappa shape index (κ3) is 3.10. The van der Waals surface area contributed by atoms with Gasteiger partial charge in [0, 0.05) is 17.8 Å². The van der Waals surface area contributed by atoms with E-state index in [1.165, 1.54) is 6.07 Å². The number of anilines is 1. The molecular weight excluding hydrogens is 272 g/mol. The number of nitrogens with zero attached hydrogens (tertiary/aromatic N) is 1. The van der Waals surface area contributed by atoms with Gasteiger partial charge in [0.25, 0.3) is 5.69 Å². The van der Waals surface area contributed by atoms with E-state index in [2.05, 4.69) is 5.32 Å². The van der Waals surface area contributed by atoms with Crippen molar-refractivity contribution in [3.05, 3.63) is 28.3 Å². The fourth-order valence-corrected chi connectivity index (χ4v) is 3.12. The number of nitrogens with one attached hydrogen (secondary N) is 1. The second-order valence-electron chi connectivity index (χ2n) is 6.00. The van der Waals surface area contributed by atoms with Crippen LogP contribution in [-0.4, -0.2) is 29.3 Å². The SMILES string of the molecule is CC(C)Oc1cc(NC2CC3CCC2O3)cc([N+](=O)[O-])c1. The van der Waals surface area contributed by atoms with E-state index in [4.69, 9.17) is 9.47 Å². The fourth-order valence-electron chi connectivity index (χ4n) is 3.12. The highest BCUT2D eigenvalue weighted by Gasteiger charge is 2.40. The summed E-state index contributed by atoms with van der Waals surface area (Å²) < 4.78 is 11.4. The molecule has 0 radical (unpaired) electrons. The van der Waals surface area contributed by atoms with E-state index >= 15 is 0 Å². The van der Waals surface area contributed by atoms with Crippen LogP contribution in [0.15, 0.2) is 18.2 Å². The summed E-state index contributed by atoms with van der Waals surface area (Å²) in [7, 11) is 0. The summed E-state index contributed by atoms with van der Waals surface area (Å²) in [6.45, 7) is 3.80. The van der Waals surface area contributed by atoms with E-state index in [9.17, 15) is 10.1 Å². The van der Waals surface area contributed by atoms with Crippen LogP contribution in [0.25, 0.3) is 0 Å². The van der Waals surface area contributed by atoms with Crippen molar-refractivity contribution in [1.82, 2.24) is 0 Å². The molecule has 3 unspecified atom stereocenters. The Kier molecular flexibility index (Phi) is 3.71. The summed E-state index contributed by atoms with van der Waals surface area (Å²) >= 11 is 0. The topological polar surface area (TPSA) is 73.6 Å². The molecule has 0 saturated carbocycles. The maximum atomic E-state index is 11.1. The number of hydrogen-bond donors (Lipinski definition) is 1. The number of fused-ring (bicyclic) bond motifs is 2. The van der Waals surface area contributed by atoms with E-state index in [1.54, 1.807) is 6.07 Å². The van der Waals surface area contributed by atoms with Gasteiger partial charge in [-0.1, -0.05) is 0 Å². The highest BCUT2D eigenvalue weighted by atomic mass is 16.6. The molecule has 2 aliphatic rings. The predicted molar refractivity (Wildman–Crippen MR) is 78.8 cm³/mol. The molecule has 6 nitrogen and oxygen atoms in total. The van der Waals surface area contributed by atoms with Gasteiger partial charge in [0.15, 0.2) is 0 Å². The third-order valence-corrected chi connectivity index (χ3v) is 3.93. The first-order valence-corrected chi connectivity index (χ1v) is 7.39. The minimum Gasteiger partial charge on any atom is -0.491 e. The maximum absolute atomic E-state index is 11.1. The monoisotopic (exact) mass is 292 g/mol. The van der Waals surface area contributed by atoms with Crippen molar-refractivity contribution < 1.29 is 14.4 Å². The lowest BCUT2D eigenvalue weighted by molar-refractivity contribution is -0.384. The minimum absolute atomic E-state index is 0.0225. The van der Waals surface area contributed by atoms with Crippen molar-refractivity contribution in [1.29, 1.82) is 0 Å². The van der Waals surface area contributed by atoms with Gasteiger partial charge in [-0.2, -0.15) is 0 Å². The van der Waals surface area contributed by atoms with Crippen LogP contribution in [0.4, 0.5) is 11.4 Å². The van der Waals surface area contributed by atoms with E-state index in [0.29, 0.717) is 11.9 Å². The van der Waals surface area contributed by atoms with Gasteiger partial charge in [-0.05, 0) is 33.1 Å². The Hall–Kier alpha value is -1.82. The van der Waals surface area contributed by atoms with Crippen LogP contribution in [0.5, 0.6) is 5.75 Å². The smallest absolute Gasteiger partial charge is 0.275 e. The number of nitro groups is 1. The average molecular weight is 292 g/mol. The number of benzene rings is 1. The van der Waals surface area contributed by atoms with Crippen molar-refractivity contribution in [2.75, 3.05) is 5.32 Å².